The van der Waals surface area contributed by atoms with E-state index < -0.39 is 21.9 Å². The summed E-state index contributed by atoms with van der Waals surface area (Å²) in [5, 5.41) is 4.62. The molecule has 7 nitrogen and oxygen atoms in total. The van der Waals surface area contributed by atoms with Crippen LogP contribution in [-0.2, 0) is 9.84 Å². The number of benzene rings is 1. The molecule has 1 aliphatic rings. The number of sulfone groups is 1. The van der Waals surface area contributed by atoms with Gasteiger partial charge in [-0.05, 0) is 32.0 Å². The summed E-state index contributed by atoms with van der Waals surface area (Å²) in [7, 11) is -3.05. The molecule has 3 heterocycles. The number of pyridine rings is 1. The fourth-order valence-corrected chi connectivity index (χ4v) is 6.43. The minimum absolute atomic E-state index is 0.00646. The number of aromatic nitrogens is 3. The SMILES string of the molecule is CC(C)n1nc(-c2cccc(OC(F)F)c2)c2ncc(C(=O)CC3(C)CS(=O)(=O)C3)cc21. The minimum atomic E-state index is -3.05. The lowest BCUT2D eigenvalue weighted by molar-refractivity contribution is -0.0498. The van der Waals surface area contributed by atoms with Crippen LogP contribution in [0.2, 0.25) is 0 Å². The molecule has 0 radical (unpaired) electrons. The van der Waals surface area contributed by atoms with Crippen LogP contribution in [0, 0.1) is 5.41 Å². The van der Waals surface area contributed by atoms with Gasteiger partial charge < -0.3 is 4.74 Å². The Morgan fingerprint density at radius 1 is 1.25 bits per heavy atom. The van der Waals surface area contributed by atoms with Crippen molar-refractivity contribution in [3.8, 4) is 17.0 Å². The lowest BCUT2D eigenvalue weighted by Crippen LogP contribution is -2.47. The fraction of sp³-hybridized carbons (Fsp3) is 0.409. The standard InChI is InChI=1S/C22H23F2N3O4S/c1-13(2)27-17-8-15(18(28)9-22(3)11-32(29,30)12-22)10-25-20(17)19(26-27)14-5-4-6-16(7-14)31-21(23)24/h4-8,10,13,21H,9,11-12H2,1-3H3. The number of alkyl halides is 2. The number of nitrogens with zero attached hydrogens (tertiary/aromatic N) is 3. The molecule has 0 atom stereocenters. The van der Waals surface area contributed by atoms with Crippen molar-refractivity contribution in [1.82, 2.24) is 14.8 Å². The second-order valence-electron chi connectivity index (χ2n) is 8.83. The highest BCUT2D eigenvalue weighted by Crippen LogP contribution is 2.37. The smallest absolute Gasteiger partial charge is 0.387 e. The van der Waals surface area contributed by atoms with Crippen molar-refractivity contribution in [1.29, 1.82) is 0 Å². The molecule has 3 aromatic rings. The lowest BCUT2D eigenvalue weighted by atomic mass is 9.86. The zero-order valence-electron chi connectivity index (χ0n) is 17.9. The van der Waals surface area contributed by atoms with Crippen LogP contribution in [-0.4, -0.2) is 47.1 Å². The van der Waals surface area contributed by atoms with Crippen LogP contribution in [0.1, 0.15) is 43.6 Å². The molecule has 2 aromatic heterocycles. The summed E-state index contributed by atoms with van der Waals surface area (Å²) >= 11 is 0. The van der Waals surface area contributed by atoms with Crippen LogP contribution in [0.15, 0.2) is 36.5 Å². The maximum atomic E-state index is 12.9. The van der Waals surface area contributed by atoms with Gasteiger partial charge in [0.15, 0.2) is 15.6 Å². The number of Topliss-reactive ketones (excluding diaryl/α,β-unsaturated/α-hetero) is 1. The third kappa shape index (κ3) is 4.36. The largest absolute Gasteiger partial charge is 0.435 e. The van der Waals surface area contributed by atoms with Gasteiger partial charge in [0.05, 0.1) is 17.0 Å². The Bertz CT molecular complexity index is 1290. The van der Waals surface area contributed by atoms with Crippen molar-refractivity contribution in [2.24, 2.45) is 5.41 Å². The Morgan fingerprint density at radius 2 is 1.97 bits per heavy atom. The Morgan fingerprint density at radius 3 is 2.59 bits per heavy atom. The number of rotatable bonds is 7. The molecule has 170 valence electrons. The molecular formula is C22H23F2N3O4S. The summed E-state index contributed by atoms with van der Waals surface area (Å²) in [6.07, 6.45) is 1.58. The van der Waals surface area contributed by atoms with E-state index in [4.69, 9.17) is 0 Å². The van der Waals surface area contributed by atoms with E-state index in [0.717, 1.165) is 0 Å². The Labute approximate surface area is 184 Å². The number of carbonyl (C=O) groups excluding carboxylic acids is 1. The Hall–Kier alpha value is -2.88. The Balaban J connectivity index is 1.71. The second-order valence-corrected chi connectivity index (χ2v) is 10.9. The van der Waals surface area contributed by atoms with Crippen molar-refractivity contribution in [2.75, 3.05) is 11.5 Å². The van der Waals surface area contributed by atoms with Gasteiger partial charge in [-0.3, -0.25) is 14.5 Å². The molecule has 0 N–H and O–H groups in total. The zero-order chi connectivity index (χ0) is 23.3. The van der Waals surface area contributed by atoms with E-state index in [1.807, 2.05) is 13.8 Å². The highest BCUT2D eigenvalue weighted by atomic mass is 32.2. The first-order valence-electron chi connectivity index (χ1n) is 10.1. The molecule has 1 aliphatic heterocycles. The molecule has 32 heavy (non-hydrogen) atoms. The summed E-state index contributed by atoms with van der Waals surface area (Å²) < 4.78 is 54.5. The average molecular weight is 464 g/mol. The van der Waals surface area contributed by atoms with E-state index >= 15 is 0 Å². The summed E-state index contributed by atoms with van der Waals surface area (Å²) in [6, 6.07) is 7.88. The maximum Gasteiger partial charge on any atom is 0.387 e. The average Bonchev–Trinajstić information content (AvgIpc) is 3.05. The fourth-order valence-electron chi connectivity index (χ4n) is 4.19. The number of ketones is 1. The summed E-state index contributed by atoms with van der Waals surface area (Å²) in [5.74, 6) is -0.151. The first kappa shape index (κ1) is 22.3. The van der Waals surface area contributed by atoms with Crippen LogP contribution in [0.3, 0.4) is 0 Å². The third-order valence-corrected chi connectivity index (χ3v) is 7.69. The van der Waals surface area contributed by atoms with Gasteiger partial charge in [-0.15, -0.1) is 0 Å². The van der Waals surface area contributed by atoms with Crippen LogP contribution in [0.5, 0.6) is 5.75 Å². The second kappa shape index (κ2) is 7.91. The number of hydrogen-bond donors (Lipinski definition) is 0. The number of fused-ring (bicyclic) bond motifs is 1. The van der Waals surface area contributed by atoms with Gasteiger partial charge in [0.2, 0.25) is 0 Å². The molecular weight excluding hydrogens is 440 g/mol. The summed E-state index contributed by atoms with van der Waals surface area (Å²) in [5.41, 5.74) is 2.04. The van der Waals surface area contributed by atoms with Crippen molar-refractivity contribution in [3.63, 3.8) is 0 Å². The van der Waals surface area contributed by atoms with E-state index in [1.54, 1.807) is 29.8 Å². The molecule has 0 amide bonds. The van der Waals surface area contributed by atoms with Crippen LogP contribution >= 0.6 is 0 Å². The Kier molecular flexibility index (Phi) is 5.52. The molecule has 4 rings (SSSR count). The van der Waals surface area contributed by atoms with Gasteiger partial charge >= 0.3 is 6.61 Å². The van der Waals surface area contributed by atoms with Crippen LogP contribution in [0.4, 0.5) is 8.78 Å². The normalized spacial score (nSPS) is 17.0. The number of hydrogen-bond acceptors (Lipinski definition) is 6. The summed E-state index contributed by atoms with van der Waals surface area (Å²) in [4.78, 5) is 17.3. The monoisotopic (exact) mass is 463 g/mol. The van der Waals surface area contributed by atoms with Crippen molar-refractivity contribution >= 4 is 26.7 Å². The van der Waals surface area contributed by atoms with Crippen LogP contribution < -0.4 is 4.74 Å². The molecule has 0 unspecified atom stereocenters. The van der Waals surface area contributed by atoms with Gasteiger partial charge in [0.25, 0.3) is 0 Å². The van der Waals surface area contributed by atoms with Crippen molar-refractivity contribution < 1.29 is 26.7 Å². The van der Waals surface area contributed by atoms with E-state index in [2.05, 4.69) is 14.8 Å². The van der Waals surface area contributed by atoms with Gasteiger partial charge in [-0.25, -0.2) is 8.42 Å². The van der Waals surface area contributed by atoms with Gasteiger partial charge in [-0.1, -0.05) is 19.1 Å². The van der Waals surface area contributed by atoms with Gasteiger partial charge in [-0.2, -0.15) is 13.9 Å². The van der Waals surface area contributed by atoms with Crippen molar-refractivity contribution in [3.05, 3.63) is 42.1 Å². The predicted octanol–water partition coefficient (Wildman–Crippen LogP) is 4.29. The zero-order valence-corrected chi connectivity index (χ0v) is 18.7. The highest BCUT2D eigenvalue weighted by molar-refractivity contribution is 7.92. The number of carbonyl (C=O) groups is 1. The van der Waals surface area contributed by atoms with E-state index in [1.165, 1.54) is 18.3 Å². The molecule has 0 aliphatic carbocycles. The quantitative estimate of drug-likeness (QED) is 0.486. The number of ether oxygens (including phenoxy) is 1. The lowest BCUT2D eigenvalue weighted by Gasteiger charge is -2.37. The molecule has 1 fully saturated rings. The van der Waals surface area contributed by atoms with E-state index in [-0.39, 0.29) is 35.5 Å². The highest BCUT2D eigenvalue weighted by Gasteiger charge is 2.45. The van der Waals surface area contributed by atoms with E-state index in [9.17, 15) is 22.0 Å². The summed E-state index contributed by atoms with van der Waals surface area (Å²) in [6.45, 7) is 2.72. The molecule has 0 spiro atoms. The van der Waals surface area contributed by atoms with Crippen molar-refractivity contribution in [2.45, 2.75) is 39.8 Å². The minimum Gasteiger partial charge on any atom is -0.435 e. The first-order valence-corrected chi connectivity index (χ1v) is 12.0. The first-order chi connectivity index (χ1) is 15.0. The topological polar surface area (TPSA) is 91.2 Å². The molecule has 0 bridgehead atoms. The molecule has 10 heteroatoms. The predicted molar refractivity (Wildman–Crippen MR) is 116 cm³/mol. The maximum absolute atomic E-state index is 12.9. The third-order valence-electron chi connectivity index (χ3n) is 5.41. The molecule has 0 saturated carbocycles. The van der Waals surface area contributed by atoms with Crippen LogP contribution in [0.25, 0.3) is 22.3 Å². The van der Waals surface area contributed by atoms with Gasteiger partial charge in [0, 0.05) is 35.2 Å². The molecule has 1 saturated heterocycles. The van der Waals surface area contributed by atoms with Gasteiger partial charge in [0.1, 0.15) is 17.0 Å². The molecule has 1 aromatic carbocycles. The van der Waals surface area contributed by atoms with E-state index in [0.29, 0.717) is 27.9 Å². The number of halogens is 2.